The first kappa shape index (κ1) is 12.0. The van der Waals surface area contributed by atoms with Crippen molar-refractivity contribution in [2.24, 2.45) is 0 Å². The molecule has 9 heteroatoms. The van der Waals surface area contributed by atoms with Crippen LogP contribution in [0, 0.1) is 0 Å². The monoisotopic (exact) mass is 271 g/mol. The normalized spacial score (nSPS) is 10.6. The Kier molecular flexibility index (Phi) is 2.92. The van der Waals surface area contributed by atoms with Crippen molar-refractivity contribution in [3.63, 3.8) is 0 Å². The molecule has 0 aliphatic rings. The van der Waals surface area contributed by atoms with Crippen LogP contribution in [0.2, 0.25) is 0 Å². The summed E-state index contributed by atoms with van der Waals surface area (Å²) >= 11 is 0. The maximum absolute atomic E-state index is 10.7. The number of tetrazole rings is 1. The lowest BCUT2D eigenvalue weighted by atomic mass is 10.2. The quantitative estimate of drug-likeness (QED) is 0.692. The number of carboxylic acid groups (broad SMARTS) is 1. The number of fused-ring (bicyclic) bond motifs is 1. The van der Waals surface area contributed by atoms with E-state index in [2.05, 4.69) is 30.8 Å². The van der Waals surface area contributed by atoms with Crippen LogP contribution in [-0.2, 0) is 6.54 Å². The van der Waals surface area contributed by atoms with Gasteiger partial charge in [0, 0.05) is 12.7 Å². The van der Waals surface area contributed by atoms with Gasteiger partial charge in [-0.15, -0.1) is 5.10 Å². The van der Waals surface area contributed by atoms with Crippen LogP contribution in [0.4, 0.5) is 5.82 Å². The van der Waals surface area contributed by atoms with Crippen molar-refractivity contribution in [2.45, 2.75) is 6.54 Å². The third-order valence-electron chi connectivity index (χ3n) is 2.63. The van der Waals surface area contributed by atoms with Crippen LogP contribution in [0.3, 0.4) is 0 Å². The van der Waals surface area contributed by atoms with Crippen molar-refractivity contribution in [3.05, 3.63) is 42.0 Å². The zero-order chi connectivity index (χ0) is 13.9. The van der Waals surface area contributed by atoms with Gasteiger partial charge in [0.1, 0.15) is 5.69 Å². The topological polar surface area (TPSA) is 118 Å². The molecule has 0 unspecified atom stereocenters. The van der Waals surface area contributed by atoms with Crippen molar-refractivity contribution in [1.82, 2.24) is 30.0 Å². The summed E-state index contributed by atoms with van der Waals surface area (Å²) in [5, 5.41) is 23.0. The van der Waals surface area contributed by atoms with Crippen molar-refractivity contribution in [3.8, 4) is 0 Å². The fourth-order valence-electron chi connectivity index (χ4n) is 1.64. The average molecular weight is 271 g/mol. The Morgan fingerprint density at radius 1 is 1.30 bits per heavy atom. The summed E-state index contributed by atoms with van der Waals surface area (Å²) in [4.78, 5) is 18.6. The number of aromatic carboxylic acids is 1. The number of nitrogens with zero attached hydrogens (tertiary/aromatic N) is 6. The summed E-state index contributed by atoms with van der Waals surface area (Å²) in [6, 6.07) is 3.14. The summed E-state index contributed by atoms with van der Waals surface area (Å²) in [6.45, 7) is 0.452. The van der Waals surface area contributed by atoms with E-state index >= 15 is 0 Å². The highest BCUT2D eigenvalue weighted by Gasteiger charge is 2.05. The summed E-state index contributed by atoms with van der Waals surface area (Å²) in [5.74, 6) is -0.415. The molecule has 3 aromatic heterocycles. The maximum Gasteiger partial charge on any atom is 0.354 e. The summed E-state index contributed by atoms with van der Waals surface area (Å²) in [6.07, 6.45) is 4.65. The molecule has 0 aliphatic carbocycles. The van der Waals surface area contributed by atoms with E-state index in [0.717, 1.165) is 5.56 Å². The fraction of sp³-hybridized carbons (Fsp3) is 0.0909. The number of carboxylic acids is 1. The van der Waals surface area contributed by atoms with Gasteiger partial charge >= 0.3 is 5.97 Å². The van der Waals surface area contributed by atoms with Gasteiger partial charge in [-0.25, -0.2) is 9.78 Å². The predicted molar refractivity (Wildman–Crippen MR) is 67.1 cm³/mol. The number of pyridine rings is 1. The first-order valence-electron chi connectivity index (χ1n) is 5.68. The van der Waals surface area contributed by atoms with Crippen molar-refractivity contribution in [2.75, 3.05) is 5.32 Å². The van der Waals surface area contributed by atoms with Gasteiger partial charge in [0.25, 0.3) is 0 Å². The number of carbonyl (C=O) groups is 1. The van der Waals surface area contributed by atoms with Gasteiger partial charge in [-0.1, -0.05) is 6.07 Å². The van der Waals surface area contributed by atoms with Crippen LogP contribution in [0.1, 0.15) is 16.1 Å². The molecule has 0 atom stereocenters. The summed E-state index contributed by atoms with van der Waals surface area (Å²) in [7, 11) is 0. The smallest absolute Gasteiger partial charge is 0.354 e. The molecule has 0 radical (unpaired) electrons. The second-order valence-corrected chi connectivity index (χ2v) is 3.95. The van der Waals surface area contributed by atoms with Crippen LogP contribution < -0.4 is 5.32 Å². The molecular weight excluding hydrogens is 262 g/mol. The number of rotatable bonds is 4. The van der Waals surface area contributed by atoms with E-state index < -0.39 is 5.97 Å². The summed E-state index contributed by atoms with van der Waals surface area (Å²) < 4.78 is 1.52. The van der Waals surface area contributed by atoms with Gasteiger partial charge in [0.05, 0.1) is 12.4 Å². The zero-order valence-corrected chi connectivity index (χ0v) is 10.1. The highest BCUT2D eigenvalue weighted by Crippen LogP contribution is 2.08. The lowest BCUT2D eigenvalue weighted by Crippen LogP contribution is -2.07. The van der Waals surface area contributed by atoms with Gasteiger partial charge in [-0.05, 0) is 22.1 Å². The first-order chi connectivity index (χ1) is 9.74. The third-order valence-corrected chi connectivity index (χ3v) is 2.63. The summed E-state index contributed by atoms with van der Waals surface area (Å²) in [5.41, 5.74) is 1.38. The highest BCUT2D eigenvalue weighted by molar-refractivity contribution is 5.85. The second kappa shape index (κ2) is 4.88. The van der Waals surface area contributed by atoms with Crippen LogP contribution in [0.15, 0.2) is 30.7 Å². The molecular formula is C11H9N7O2. The van der Waals surface area contributed by atoms with Crippen molar-refractivity contribution < 1.29 is 9.90 Å². The molecule has 0 spiro atoms. The largest absolute Gasteiger partial charge is 0.477 e. The van der Waals surface area contributed by atoms with Gasteiger partial charge in [0.15, 0.2) is 11.5 Å². The fourth-order valence-corrected chi connectivity index (χ4v) is 1.64. The number of anilines is 1. The molecule has 0 aromatic carbocycles. The minimum Gasteiger partial charge on any atom is -0.477 e. The van der Waals surface area contributed by atoms with E-state index in [-0.39, 0.29) is 5.69 Å². The van der Waals surface area contributed by atoms with Gasteiger partial charge in [-0.2, -0.15) is 4.52 Å². The Labute approximate surface area is 112 Å². The minimum absolute atomic E-state index is 0.0120. The van der Waals surface area contributed by atoms with Gasteiger partial charge in [0.2, 0.25) is 0 Å². The molecule has 0 bridgehead atoms. The standard InChI is InChI=1S/C11H9N7O2/c19-11(20)8-2-1-7(3-13-8)4-14-9-5-12-6-10-15-16-17-18(9)10/h1-3,5-6,14H,4H2,(H,19,20). The Balaban J connectivity index is 1.76. The SMILES string of the molecule is O=C(O)c1ccc(CNc2cncc3nnnn23)cn1. The number of hydrogen-bond acceptors (Lipinski definition) is 7. The Morgan fingerprint density at radius 3 is 2.95 bits per heavy atom. The Hall–Kier alpha value is -3.10. The molecule has 3 heterocycles. The van der Waals surface area contributed by atoms with Gasteiger partial charge in [-0.3, -0.25) is 4.98 Å². The van der Waals surface area contributed by atoms with Crippen LogP contribution in [-0.4, -0.2) is 41.1 Å². The Morgan fingerprint density at radius 2 is 2.20 bits per heavy atom. The molecule has 3 aromatic rings. The van der Waals surface area contributed by atoms with E-state index in [4.69, 9.17) is 5.11 Å². The molecule has 100 valence electrons. The van der Waals surface area contributed by atoms with Crippen molar-refractivity contribution >= 4 is 17.4 Å². The highest BCUT2D eigenvalue weighted by atomic mass is 16.4. The molecule has 0 saturated carbocycles. The number of nitrogens with one attached hydrogen (secondary N) is 1. The molecule has 0 fully saturated rings. The van der Waals surface area contributed by atoms with E-state index in [1.165, 1.54) is 16.8 Å². The first-order valence-corrected chi connectivity index (χ1v) is 5.68. The zero-order valence-electron chi connectivity index (χ0n) is 10.1. The molecule has 0 saturated heterocycles. The molecule has 0 amide bonds. The van der Waals surface area contributed by atoms with Crippen LogP contribution in [0.5, 0.6) is 0 Å². The molecule has 2 N–H and O–H groups in total. The average Bonchev–Trinajstić information content (AvgIpc) is 2.94. The van der Waals surface area contributed by atoms with E-state index in [0.29, 0.717) is 18.0 Å². The van der Waals surface area contributed by atoms with Gasteiger partial charge < -0.3 is 10.4 Å². The third kappa shape index (κ3) is 2.23. The second-order valence-electron chi connectivity index (χ2n) is 3.95. The molecule has 3 rings (SSSR count). The molecule has 20 heavy (non-hydrogen) atoms. The lowest BCUT2D eigenvalue weighted by molar-refractivity contribution is 0.0690. The van der Waals surface area contributed by atoms with E-state index in [9.17, 15) is 4.79 Å². The molecule has 9 nitrogen and oxygen atoms in total. The van der Waals surface area contributed by atoms with E-state index in [1.54, 1.807) is 18.5 Å². The van der Waals surface area contributed by atoms with Crippen LogP contribution >= 0.6 is 0 Å². The molecule has 0 aliphatic heterocycles. The maximum atomic E-state index is 10.7. The number of aromatic nitrogens is 6. The predicted octanol–water partition coefficient (Wildman–Crippen LogP) is 0.225. The lowest BCUT2D eigenvalue weighted by Gasteiger charge is -2.06. The minimum atomic E-state index is -1.05. The Bertz CT molecular complexity index is 753. The van der Waals surface area contributed by atoms with E-state index in [1.807, 2.05) is 0 Å². The number of hydrogen-bond donors (Lipinski definition) is 2. The van der Waals surface area contributed by atoms with Crippen molar-refractivity contribution in [1.29, 1.82) is 0 Å². The van der Waals surface area contributed by atoms with Crippen LogP contribution in [0.25, 0.3) is 5.65 Å².